The molecule has 0 rings (SSSR count). The molecular weight excluding hydrogens is 241 g/mol. The van der Waals surface area contributed by atoms with Crippen molar-refractivity contribution >= 4 is 5.97 Å². The summed E-state index contributed by atoms with van der Waals surface area (Å²) in [5.41, 5.74) is 5.17. The Balaban J connectivity index is 4.74. The fourth-order valence-electron chi connectivity index (χ4n) is 0.964. The molecule has 0 fully saturated rings. The lowest BCUT2D eigenvalue weighted by Crippen LogP contribution is -2.61. The summed E-state index contributed by atoms with van der Waals surface area (Å²) in [7, 11) is 0. The number of esters is 1. The van der Waals surface area contributed by atoms with Gasteiger partial charge in [0.1, 0.15) is 0 Å². The summed E-state index contributed by atoms with van der Waals surface area (Å²) < 4.78 is 42.5. The van der Waals surface area contributed by atoms with Crippen molar-refractivity contribution in [2.75, 3.05) is 19.7 Å². The molecule has 0 saturated carbocycles. The van der Waals surface area contributed by atoms with Gasteiger partial charge in [0.2, 0.25) is 5.54 Å². The highest BCUT2D eigenvalue weighted by Gasteiger charge is 2.57. The summed E-state index contributed by atoms with van der Waals surface area (Å²) in [6.45, 7) is 1.47. The zero-order chi connectivity index (χ0) is 13.5. The van der Waals surface area contributed by atoms with Crippen LogP contribution >= 0.6 is 0 Å². The van der Waals surface area contributed by atoms with E-state index in [4.69, 9.17) is 5.53 Å². The Labute approximate surface area is 95.7 Å². The third-order valence-corrected chi connectivity index (χ3v) is 2.00. The van der Waals surface area contributed by atoms with Gasteiger partial charge in [-0.3, -0.25) is 5.32 Å². The van der Waals surface area contributed by atoms with Gasteiger partial charge in [0.25, 0.3) is 0 Å². The van der Waals surface area contributed by atoms with E-state index in [9.17, 15) is 18.0 Å². The van der Waals surface area contributed by atoms with E-state index in [1.807, 2.05) is 5.32 Å². The number of nitrogens with zero attached hydrogens (tertiary/aromatic N) is 3. The van der Waals surface area contributed by atoms with Crippen molar-refractivity contribution in [2.24, 2.45) is 5.11 Å². The topological polar surface area (TPSA) is 87.1 Å². The summed E-state index contributed by atoms with van der Waals surface area (Å²) in [5, 5.41) is 5.05. The Hall–Kier alpha value is -1.47. The van der Waals surface area contributed by atoms with E-state index in [0.29, 0.717) is 6.92 Å². The lowest BCUT2D eigenvalue weighted by Gasteiger charge is -2.30. The van der Waals surface area contributed by atoms with E-state index in [1.165, 1.54) is 6.92 Å². The molecule has 0 aromatic heterocycles. The largest absolute Gasteiger partial charge is 0.464 e. The third kappa shape index (κ3) is 4.12. The quantitative estimate of drug-likeness (QED) is 0.257. The number of carbonyl (C=O) groups excluding carboxylic acids is 1. The molecule has 98 valence electrons. The Kier molecular flexibility index (Phi) is 5.77. The molecule has 0 saturated heterocycles. The van der Waals surface area contributed by atoms with Crippen molar-refractivity contribution < 1.29 is 22.7 Å². The Morgan fingerprint density at radius 3 is 2.53 bits per heavy atom. The highest BCUT2D eigenvalue weighted by atomic mass is 19.4. The second kappa shape index (κ2) is 6.31. The van der Waals surface area contributed by atoms with Gasteiger partial charge in [-0.1, -0.05) is 5.11 Å². The summed E-state index contributed by atoms with van der Waals surface area (Å²) in [5.74, 6) is -1.41. The highest BCUT2D eigenvalue weighted by molar-refractivity contribution is 5.81. The first-order valence-corrected chi connectivity index (χ1v) is 4.79. The molecule has 1 unspecified atom stereocenters. The number of alkyl halides is 3. The molecule has 0 aliphatic heterocycles. The van der Waals surface area contributed by atoms with Crippen LogP contribution in [0.2, 0.25) is 0 Å². The zero-order valence-corrected chi connectivity index (χ0v) is 9.41. The van der Waals surface area contributed by atoms with Crippen molar-refractivity contribution in [1.29, 1.82) is 0 Å². The Morgan fingerprint density at radius 1 is 1.53 bits per heavy atom. The van der Waals surface area contributed by atoms with E-state index in [2.05, 4.69) is 14.8 Å². The molecule has 0 aromatic rings. The molecule has 17 heavy (non-hydrogen) atoms. The molecule has 0 aromatic carbocycles. The normalized spacial score (nSPS) is 14.6. The van der Waals surface area contributed by atoms with E-state index < -0.39 is 17.7 Å². The number of rotatable bonds is 6. The molecule has 0 heterocycles. The SMILES string of the molecule is CCOC(=O)C(C)(NCCN=[N+]=[N-])C(F)(F)F. The molecular formula is C8H13F3N4O2. The van der Waals surface area contributed by atoms with Crippen molar-refractivity contribution in [3.8, 4) is 0 Å². The number of nitrogens with one attached hydrogen (secondary N) is 1. The molecule has 1 N–H and O–H groups in total. The van der Waals surface area contributed by atoms with Crippen LogP contribution in [-0.2, 0) is 9.53 Å². The number of hydrogen-bond acceptors (Lipinski definition) is 4. The maximum Gasteiger partial charge on any atom is 0.417 e. The predicted molar refractivity (Wildman–Crippen MR) is 53.1 cm³/mol. The van der Waals surface area contributed by atoms with Crippen LogP contribution in [0.1, 0.15) is 13.8 Å². The molecule has 0 radical (unpaired) electrons. The molecule has 6 nitrogen and oxygen atoms in total. The molecule has 1 atom stereocenters. The monoisotopic (exact) mass is 254 g/mol. The minimum Gasteiger partial charge on any atom is -0.464 e. The zero-order valence-electron chi connectivity index (χ0n) is 9.41. The molecule has 9 heteroatoms. The van der Waals surface area contributed by atoms with Crippen LogP contribution in [0.3, 0.4) is 0 Å². The van der Waals surface area contributed by atoms with Gasteiger partial charge in [-0.2, -0.15) is 13.2 Å². The van der Waals surface area contributed by atoms with Gasteiger partial charge in [-0.15, -0.1) is 0 Å². The smallest absolute Gasteiger partial charge is 0.417 e. The van der Waals surface area contributed by atoms with Gasteiger partial charge in [0.05, 0.1) is 6.61 Å². The number of azide groups is 1. The molecule has 0 amide bonds. The summed E-state index contributed by atoms with van der Waals surface area (Å²) >= 11 is 0. The second-order valence-electron chi connectivity index (χ2n) is 3.22. The highest BCUT2D eigenvalue weighted by Crippen LogP contribution is 2.31. The maximum absolute atomic E-state index is 12.7. The first-order chi connectivity index (χ1) is 7.79. The van der Waals surface area contributed by atoms with Gasteiger partial charge in [-0.25, -0.2) is 4.79 Å². The summed E-state index contributed by atoms with van der Waals surface area (Å²) in [6.07, 6.45) is -4.80. The van der Waals surface area contributed by atoms with Crippen molar-refractivity contribution in [2.45, 2.75) is 25.6 Å². The Morgan fingerprint density at radius 2 is 2.12 bits per heavy atom. The van der Waals surface area contributed by atoms with Crippen LogP contribution in [0, 0.1) is 0 Å². The van der Waals surface area contributed by atoms with Crippen LogP contribution in [0.5, 0.6) is 0 Å². The van der Waals surface area contributed by atoms with Gasteiger partial charge >= 0.3 is 12.1 Å². The first kappa shape index (κ1) is 15.5. The second-order valence-corrected chi connectivity index (χ2v) is 3.22. The van der Waals surface area contributed by atoms with Crippen LogP contribution in [0.4, 0.5) is 13.2 Å². The van der Waals surface area contributed by atoms with E-state index in [-0.39, 0.29) is 19.7 Å². The van der Waals surface area contributed by atoms with E-state index in [1.54, 1.807) is 0 Å². The molecule has 0 aliphatic carbocycles. The number of carbonyl (C=O) groups is 1. The summed E-state index contributed by atoms with van der Waals surface area (Å²) in [4.78, 5) is 13.7. The van der Waals surface area contributed by atoms with Crippen molar-refractivity contribution in [1.82, 2.24) is 5.32 Å². The van der Waals surface area contributed by atoms with Crippen LogP contribution in [-0.4, -0.2) is 37.4 Å². The molecule has 0 bridgehead atoms. The fraction of sp³-hybridized carbons (Fsp3) is 0.875. The standard InChI is InChI=1S/C8H13F3N4O2/c1-3-17-6(16)7(2,8(9,10)11)13-4-5-14-15-12/h13H,3-5H2,1-2H3. The minimum absolute atomic E-state index is 0.150. The first-order valence-electron chi connectivity index (χ1n) is 4.79. The van der Waals surface area contributed by atoms with Crippen molar-refractivity contribution in [3.63, 3.8) is 0 Å². The lowest BCUT2D eigenvalue weighted by atomic mass is 10.0. The Bertz CT molecular complexity index is 314. The molecule has 0 aliphatic rings. The van der Waals surface area contributed by atoms with Gasteiger partial charge in [0, 0.05) is 18.0 Å². The van der Waals surface area contributed by atoms with Gasteiger partial charge < -0.3 is 4.74 Å². The average molecular weight is 254 g/mol. The number of halogens is 3. The van der Waals surface area contributed by atoms with Crippen molar-refractivity contribution in [3.05, 3.63) is 10.4 Å². The number of ether oxygens (including phenoxy) is 1. The summed E-state index contributed by atoms with van der Waals surface area (Å²) in [6, 6.07) is 0. The van der Waals surface area contributed by atoms with Gasteiger partial charge in [-0.05, 0) is 19.4 Å². The van der Waals surface area contributed by atoms with Crippen LogP contribution in [0.15, 0.2) is 5.11 Å². The number of hydrogen-bond donors (Lipinski definition) is 1. The minimum atomic E-state index is -4.80. The molecule has 0 spiro atoms. The van der Waals surface area contributed by atoms with E-state index >= 15 is 0 Å². The maximum atomic E-state index is 12.7. The third-order valence-electron chi connectivity index (χ3n) is 2.00. The predicted octanol–water partition coefficient (Wildman–Crippen LogP) is 1.77. The van der Waals surface area contributed by atoms with Gasteiger partial charge in [0.15, 0.2) is 0 Å². The van der Waals surface area contributed by atoms with Crippen LogP contribution < -0.4 is 5.32 Å². The van der Waals surface area contributed by atoms with Crippen LogP contribution in [0.25, 0.3) is 10.4 Å². The average Bonchev–Trinajstić information content (AvgIpc) is 2.22. The van der Waals surface area contributed by atoms with E-state index in [0.717, 1.165) is 0 Å². The fourth-order valence-corrected chi connectivity index (χ4v) is 0.964. The lowest BCUT2D eigenvalue weighted by molar-refractivity contribution is -0.209.